The van der Waals surface area contributed by atoms with Crippen molar-refractivity contribution in [3.05, 3.63) is 108 Å². The average molecular weight is 441 g/mol. The van der Waals surface area contributed by atoms with E-state index in [4.69, 9.17) is 9.26 Å². The summed E-state index contributed by atoms with van der Waals surface area (Å²) in [5.74, 6) is 0.240. The van der Waals surface area contributed by atoms with Crippen molar-refractivity contribution in [2.45, 2.75) is 12.6 Å². The second kappa shape index (κ2) is 10.3. The Morgan fingerprint density at radius 2 is 1.67 bits per heavy atom. The Balaban J connectivity index is 1.50. The van der Waals surface area contributed by atoms with Crippen LogP contribution in [-0.2, 0) is 11.3 Å². The molecule has 0 radical (unpaired) electrons. The van der Waals surface area contributed by atoms with Crippen molar-refractivity contribution in [1.82, 2.24) is 15.8 Å². The SMILES string of the molecule is COc1cccc(-c2cc(C(=O)N[C@@H](C(=O)NCc3ccccc3)c3ccccc3)no2)c1. The van der Waals surface area contributed by atoms with Crippen molar-refractivity contribution in [3.63, 3.8) is 0 Å². The number of benzene rings is 3. The molecule has 4 aromatic rings. The van der Waals surface area contributed by atoms with E-state index in [9.17, 15) is 9.59 Å². The van der Waals surface area contributed by atoms with E-state index in [0.29, 0.717) is 23.6 Å². The van der Waals surface area contributed by atoms with Gasteiger partial charge in [-0.1, -0.05) is 78.0 Å². The quantitative estimate of drug-likeness (QED) is 0.429. The summed E-state index contributed by atoms with van der Waals surface area (Å²) in [5, 5.41) is 9.55. The van der Waals surface area contributed by atoms with E-state index in [0.717, 1.165) is 11.1 Å². The molecule has 0 aliphatic rings. The molecule has 7 heteroatoms. The van der Waals surface area contributed by atoms with Gasteiger partial charge in [-0.05, 0) is 23.3 Å². The third-order valence-corrected chi connectivity index (χ3v) is 5.08. The first-order valence-electron chi connectivity index (χ1n) is 10.4. The maximum absolute atomic E-state index is 13.0. The highest BCUT2D eigenvalue weighted by atomic mass is 16.5. The number of aromatic nitrogens is 1. The molecule has 1 heterocycles. The van der Waals surface area contributed by atoms with Gasteiger partial charge in [-0.15, -0.1) is 0 Å². The minimum atomic E-state index is -0.889. The highest BCUT2D eigenvalue weighted by molar-refractivity contribution is 5.97. The molecule has 166 valence electrons. The summed E-state index contributed by atoms with van der Waals surface area (Å²) in [5.41, 5.74) is 2.42. The number of hydrogen-bond acceptors (Lipinski definition) is 5. The van der Waals surface area contributed by atoms with Gasteiger partial charge in [0, 0.05) is 18.2 Å². The molecule has 0 spiro atoms. The number of rotatable bonds is 8. The van der Waals surface area contributed by atoms with Crippen LogP contribution in [0.1, 0.15) is 27.7 Å². The topological polar surface area (TPSA) is 93.5 Å². The second-order valence-corrected chi connectivity index (χ2v) is 7.33. The van der Waals surface area contributed by atoms with Crippen LogP contribution in [0.15, 0.2) is 95.5 Å². The summed E-state index contributed by atoms with van der Waals surface area (Å²) in [7, 11) is 1.57. The van der Waals surface area contributed by atoms with Crippen LogP contribution >= 0.6 is 0 Å². The van der Waals surface area contributed by atoms with Crippen LogP contribution in [0.2, 0.25) is 0 Å². The minimum absolute atomic E-state index is 0.0737. The van der Waals surface area contributed by atoms with Crippen molar-refractivity contribution in [2.24, 2.45) is 0 Å². The summed E-state index contributed by atoms with van der Waals surface area (Å²) in [6.07, 6.45) is 0. The van der Waals surface area contributed by atoms with Crippen molar-refractivity contribution in [1.29, 1.82) is 0 Å². The van der Waals surface area contributed by atoms with Gasteiger partial charge in [0.2, 0.25) is 5.91 Å². The highest BCUT2D eigenvalue weighted by Gasteiger charge is 2.25. The lowest BCUT2D eigenvalue weighted by Crippen LogP contribution is -2.40. The largest absolute Gasteiger partial charge is 0.497 e. The summed E-state index contributed by atoms with van der Waals surface area (Å²) in [4.78, 5) is 25.9. The van der Waals surface area contributed by atoms with Crippen LogP contribution < -0.4 is 15.4 Å². The fraction of sp³-hybridized carbons (Fsp3) is 0.115. The Morgan fingerprint density at radius 3 is 2.39 bits per heavy atom. The minimum Gasteiger partial charge on any atom is -0.497 e. The molecule has 1 aromatic heterocycles. The first kappa shape index (κ1) is 21.8. The van der Waals surface area contributed by atoms with Crippen molar-refractivity contribution >= 4 is 11.8 Å². The summed E-state index contributed by atoms with van der Waals surface area (Å²) in [6, 6.07) is 26.5. The number of carbonyl (C=O) groups is 2. The molecular formula is C26H23N3O4. The molecule has 4 rings (SSSR count). The summed E-state index contributed by atoms with van der Waals surface area (Å²) in [6.45, 7) is 0.350. The third kappa shape index (κ3) is 5.46. The predicted octanol–water partition coefficient (Wildman–Crippen LogP) is 4.14. The Bertz CT molecular complexity index is 1220. The molecule has 3 aromatic carbocycles. The average Bonchev–Trinajstić information content (AvgIpc) is 3.37. The van der Waals surface area contributed by atoms with E-state index < -0.39 is 11.9 Å². The molecule has 2 N–H and O–H groups in total. The number of nitrogens with zero attached hydrogens (tertiary/aromatic N) is 1. The first-order valence-corrected chi connectivity index (χ1v) is 10.4. The Kier molecular flexibility index (Phi) is 6.80. The standard InChI is InChI=1S/C26H23N3O4/c1-32-21-14-8-13-20(15-21)23-16-22(29-33-23)25(30)28-24(19-11-6-3-7-12-19)26(31)27-17-18-9-4-2-5-10-18/h2-16,24H,17H2,1H3,(H,27,31)(H,28,30)/t24-/m1/s1. The van der Waals surface area contributed by atoms with E-state index in [-0.39, 0.29) is 11.6 Å². The van der Waals surface area contributed by atoms with Gasteiger partial charge < -0.3 is 19.9 Å². The molecule has 0 bridgehead atoms. The highest BCUT2D eigenvalue weighted by Crippen LogP contribution is 2.25. The Labute approximate surface area is 191 Å². The summed E-state index contributed by atoms with van der Waals surface area (Å²) < 4.78 is 10.6. The molecule has 0 saturated heterocycles. The molecule has 0 unspecified atom stereocenters. The van der Waals surface area contributed by atoms with E-state index in [2.05, 4.69) is 15.8 Å². The van der Waals surface area contributed by atoms with Gasteiger partial charge in [-0.25, -0.2) is 0 Å². The fourth-order valence-corrected chi connectivity index (χ4v) is 3.33. The van der Waals surface area contributed by atoms with Crippen molar-refractivity contribution in [2.75, 3.05) is 7.11 Å². The molecule has 33 heavy (non-hydrogen) atoms. The number of nitrogens with one attached hydrogen (secondary N) is 2. The monoisotopic (exact) mass is 441 g/mol. The van der Waals surface area contributed by atoms with Crippen molar-refractivity contribution < 1.29 is 18.8 Å². The summed E-state index contributed by atoms with van der Waals surface area (Å²) >= 11 is 0. The molecule has 0 aliphatic carbocycles. The van der Waals surface area contributed by atoms with E-state index in [1.807, 2.05) is 66.7 Å². The van der Waals surface area contributed by atoms with E-state index in [1.54, 1.807) is 25.3 Å². The molecule has 2 amide bonds. The molecule has 0 saturated carbocycles. The molecular weight excluding hydrogens is 418 g/mol. The number of methoxy groups -OCH3 is 1. The van der Waals surface area contributed by atoms with Crippen molar-refractivity contribution in [3.8, 4) is 17.1 Å². The van der Waals surface area contributed by atoms with Gasteiger partial charge in [0.15, 0.2) is 11.5 Å². The predicted molar refractivity (Wildman–Crippen MR) is 123 cm³/mol. The van der Waals surface area contributed by atoms with E-state index >= 15 is 0 Å². The third-order valence-electron chi connectivity index (χ3n) is 5.08. The first-order chi connectivity index (χ1) is 16.1. The van der Waals surface area contributed by atoms with Gasteiger partial charge >= 0.3 is 0 Å². The van der Waals surface area contributed by atoms with Gasteiger partial charge in [0.25, 0.3) is 5.91 Å². The zero-order valence-corrected chi connectivity index (χ0v) is 18.0. The van der Waals surface area contributed by atoms with Crippen LogP contribution in [0.4, 0.5) is 0 Å². The van der Waals surface area contributed by atoms with Crippen LogP contribution in [0.3, 0.4) is 0 Å². The number of carbonyl (C=O) groups excluding carboxylic acids is 2. The molecule has 0 aliphatic heterocycles. The zero-order chi connectivity index (χ0) is 23.0. The fourth-order valence-electron chi connectivity index (χ4n) is 3.33. The maximum atomic E-state index is 13.0. The Hall–Kier alpha value is -4.39. The van der Waals surface area contributed by atoms with Gasteiger partial charge in [0.1, 0.15) is 11.8 Å². The van der Waals surface area contributed by atoms with Crippen LogP contribution in [0, 0.1) is 0 Å². The van der Waals surface area contributed by atoms with Gasteiger partial charge in [0.05, 0.1) is 7.11 Å². The molecule has 0 fully saturated rings. The molecule has 1 atom stereocenters. The van der Waals surface area contributed by atoms with Crippen LogP contribution in [-0.4, -0.2) is 24.1 Å². The lowest BCUT2D eigenvalue weighted by atomic mass is 10.1. The zero-order valence-electron chi connectivity index (χ0n) is 18.0. The van der Waals surface area contributed by atoms with Crippen LogP contribution in [0.5, 0.6) is 5.75 Å². The lowest BCUT2D eigenvalue weighted by Gasteiger charge is -2.18. The molecule has 7 nitrogen and oxygen atoms in total. The number of amides is 2. The van der Waals surface area contributed by atoms with Crippen LogP contribution in [0.25, 0.3) is 11.3 Å². The Morgan fingerprint density at radius 1 is 0.939 bits per heavy atom. The number of hydrogen-bond donors (Lipinski definition) is 2. The lowest BCUT2D eigenvalue weighted by molar-refractivity contribution is -0.123. The second-order valence-electron chi connectivity index (χ2n) is 7.33. The maximum Gasteiger partial charge on any atom is 0.274 e. The number of ether oxygens (including phenoxy) is 1. The smallest absolute Gasteiger partial charge is 0.274 e. The van der Waals surface area contributed by atoms with E-state index in [1.165, 1.54) is 6.07 Å². The normalized spacial score (nSPS) is 11.4. The van der Waals surface area contributed by atoms with Gasteiger partial charge in [-0.3, -0.25) is 9.59 Å². The van der Waals surface area contributed by atoms with Gasteiger partial charge in [-0.2, -0.15) is 0 Å².